The van der Waals surface area contributed by atoms with Crippen molar-refractivity contribution in [1.82, 2.24) is 5.01 Å². The summed E-state index contributed by atoms with van der Waals surface area (Å²) in [5.41, 5.74) is 10.8. The number of thiocarbonyl (C=S) groups is 1. The van der Waals surface area contributed by atoms with Gasteiger partial charge in [-0.15, -0.1) is 0 Å². The largest absolute Gasteiger partial charge is 0.389 e. The van der Waals surface area contributed by atoms with Gasteiger partial charge in [0.05, 0.1) is 18.9 Å². The lowest BCUT2D eigenvalue weighted by Gasteiger charge is -2.29. The maximum absolute atomic E-state index is 5.74. The number of hydrogen-bond acceptors (Lipinski definition) is 4. The first-order valence-electron chi connectivity index (χ1n) is 5.36. The van der Waals surface area contributed by atoms with Crippen LogP contribution in [0.15, 0.2) is 22.7 Å². The van der Waals surface area contributed by atoms with Crippen molar-refractivity contribution in [2.24, 2.45) is 5.73 Å². The van der Waals surface area contributed by atoms with E-state index in [1.807, 2.05) is 18.2 Å². The predicted octanol–water partition coefficient (Wildman–Crippen LogP) is 1.74. The number of nitrogens with zero attached hydrogens (tertiary/aromatic N) is 1. The Bertz CT molecular complexity index is 421. The van der Waals surface area contributed by atoms with Crippen LogP contribution < -0.4 is 11.2 Å². The molecule has 0 atom stereocenters. The lowest BCUT2D eigenvalue weighted by Crippen LogP contribution is -2.40. The monoisotopic (exact) mass is 315 g/mol. The van der Waals surface area contributed by atoms with E-state index in [0.29, 0.717) is 4.99 Å². The number of nitrogens with two attached hydrogens (primary N) is 1. The summed E-state index contributed by atoms with van der Waals surface area (Å²) in [5, 5.41) is 2.10. The van der Waals surface area contributed by atoms with E-state index < -0.39 is 0 Å². The van der Waals surface area contributed by atoms with Gasteiger partial charge in [-0.1, -0.05) is 18.3 Å². The molecule has 0 aromatic heterocycles. The highest BCUT2D eigenvalue weighted by atomic mass is 79.9. The highest BCUT2D eigenvalue weighted by molar-refractivity contribution is 9.10. The van der Waals surface area contributed by atoms with Crippen molar-refractivity contribution in [1.29, 1.82) is 0 Å². The lowest BCUT2D eigenvalue weighted by atomic mass is 10.2. The fourth-order valence-corrected chi connectivity index (χ4v) is 2.64. The molecule has 1 aliphatic rings. The number of nitrogens with one attached hydrogen (secondary N) is 1. The number of benzene rings is 1. The summed E-state index contributed by atoms with van der Waals surface area (Å²) in [6, 6.07) is 5.85. The highest BCUT2D eigenvalue weighted by Gasteiger charge is 2.14. The molecule has 1 aliphatic heterocycles. The Balaban J connectivity index is 2.19. The van der Waals surface area contributed by atoms with Crippen molar-refractivity contribution < 1.29 is 4.74 Å². The highest BCUT2D eigenvalue weighted by Crippen LogP contribution is 2.25. The van der Waals surface area contributed by atoms with Crippen LogP contribution in [0.4, 0.5) is 5.69 Å². The maximum Gasteiger partial charge on any atom is 0.107 e. The van der Waals surface area contributed by atoms with Crippen LogP contribution in [0.3, 0.4) is 0 Å². The fraction of sp³-hybridized carbons (Fsp3) is 0.364. The van der Waals surface area contributed by atoms with E-state index in [2.05, 4.69) is 26.4 Å². The predicted molar refractivity (Wildman–Crippen MR) is 76.0 cm³/mol. The van der Waals surface area contributed by atoms with E-state index in [4.69, 9.17) is 22.7 Å². The van der Waals surface area contributed by atoms with E-state index >= 15 is 0 Å². The summed E-state index contributed by atoms with van der Waals surface area (Å²) in [4.78, 5) is 0.383. The second-order valence-electron chi connectivity index (χ2n) is 3.74. The third kappa shape index (κ3) is 3.16. The zero-order valence-corrected chi connectivity index (χ0v) is 11.7. The van der Waals surface area contributed by atoms with Crippen molar-refractivity contribution in [3.05, 3.63) is 28.2 Å². The molecule has 2 rings (SSSR count). The molecule has 92 valence electrons. The Morgan fingerprint density at radius 1 is 1.41 bits per heavy atom. The summed E-state index contributed by atoms with van der Waals surface area (Å²) >= 11 is 8.53. The number of halogens is 1. The second kappa shape index (κ2) is 5.77. The first-order chi connectivity index (χ1) is 8.18. The quantitative estimate of drug-likeness (QED) is 0.832. The second-order valence-corrected chi connectivity index (χ2v) is 5.03. The standard InChI is InChI=1S/C11H14BrN3OS/c12-8-2-1-3-9(10(8)11(13)17)14-15-4-6-16-7-5-15/h1-3,14H,4-7H2,(H2,13,17). The van der Waals surface area contributed by atoms with Crippen molar-refractivity contribution in [3.8, 4) is 0 Å². The van der Waals surface area contributed by atoms with E-state index in [0.717, 1.165) is 42.0 Å². The molecular formula is C11H14BrN3OS. The van der Waals surface area contributed by atoms with E-state index in [9.17, 15) is 0 Å². The molecule has 1 aromatic carbocycles. The van der Waals surface area contributed by atoms with E-state index in [-0.39, 0.29) is 0 Å². The molecule has 4 nitrogen and oxygen atoms in total. The third-order valence-corrected chi connectivity index (χ3v) is 3.41. The average molecular weight is 316 g/mol. The minimum Gasteiger partial charge on any atom is -0.389 e. The lowest BCUT2D eigenvalue weighted by molar-refractivity contribution is 0.0497. The van der Waals surface area contributed by atoms with Gasteiger partial charge in [-0.2, -0.15) is 0 Å². The minimum absolute atomic E-state index is 0.383. The molecule has 0 aliphatic carbocycles. The van der Waals surface area contributed by atoms with Gasteiger partial charge in [0.2, 0.25) is 0 Å². The first-order valence-corrected chi connectivity index (χ1v) is 6.56. The van der Waals surface area contributed by atoms with Crippen LogP contribution in [-0.4, -0.2) is 36.3 Å². The molecule has 1 aromatic rings. The summed E-state index contributed by atoms with van der Waals surface area (Å²) in [6.45, 7) is 3.18. The van der Waals surface area contributed by atoms with Gasteiger partial charge in [-0.3, -0.25) is 0 Å². The van der Waals surface area contributed by atoms with Crippen LogP contribution in [0, 0.1) is 0 Å². The Kier molecular flexibility index (Phi) is 4.33. The van der Waals surface area contributed by atoms with Gasteiger partial charge in [-0.05, 0) is 28.1 Å². The molecule has 17 heavy (non-hydrogen) atoms. The molecule has 0 bridgehead atoms. The van der Waals surface area contributed by atoms with Gasteiger partial charge in [0.25, 0.3) is 0 Å². The summed E-state index contributed by atoms with van der Waals surface area (Å²) < 4.78 is 6.20. The zero-order valence-electron chi connectivity index (χ0n) is 9.28. The molecule has 1 fully saturated rings. The van der Waals surface area contributed by atoms with Crippen LogP contribution in [0.25, 0.3) is 0 Å². The number of ether oxygens (including phenoxy) is 1. The molecular weight excluding hydrogens is 302 g/mol. The van der Waals surface area contributed by atoms with Gasteiger partial charge in [0, 0.05) is 23.1 Å². The van der Waals surface area contributed by atoms with Crippen molar-refractivity contribution in [3.63, 3.8) is 0 Å². The third-order valence-electron chi connectivity index (χ3n) is 2.55. The van der Waals surface area contributed by atoms with Crippen molar-refractivity contribution in [2.45, 2.75) is 0 Å². The van der Waals surface area contributed by atoms with Crippen molar-refractivity contribution in [2.75, 3.05) is 31.7 Å². The van der Waals surface area contributed by atoms with E-state index in [1.54, 1.807) is 0 Å². The molecule has 0 radical (unpaired) electrons. The minimum atomic E-state index is 0.383. The normalized spacial score (nSPS) is 16.8. The van der Waals surface area contributed by atoms with Crippen LogP contribution in [0.5, 0.6) is 0 Å². The Morgan fingerprint density at radius 3 is 2.76 bits per heavy atom. The van der Waals surface area contributed by atoms with E-state index in [1.165, 1.54) is 0 Å². The van der Waals surface area contributed by atoms with Crippen LogP contribution >= 0.6 is 28.1 Å². The molecule has 6 heteroatoms. The smallest absolute Gasteiger partial charge is 0.107 e. The molecule has 0 amide bonds. The Morgan fingerprint density at radius 2 is 2.12 bits per heavy atom. The molecule has 3 N–H and O–H groups in total. The Hall–Kier alpha value is -0.690. The summed E-state index contributed by atoms with van der Waals surface area (Å²) in [7, 11) is 0. The van der Waals surface area contributed by atoms with Gasteiger partial charge in [-0.25, -0.2) is 5.01 Å². The van der Waals surface area contributed by atoms with Gasteiger partial charge in [0.1, 0.15) is 4.99 Å². The molecule has 0 unspecified atom stereocenters. The average Bonchev–Trinajstić information content (AvgIpc) is 2.30. The summed E-state index contributed by atoms with van der Waals surface area (Å²) in [6.07, 6.45) is 0. The number of rotatable bonds is 3. The van der Waals surface area contributed by atoms with Crippen molar-refractivity contribution >= 4 is 38.8 Å². The first kappa shape index (κ1) is 12.8. The number of hydrazine groups is 1. The number of morpholine rings is 1. The van der Waals surface area contributed by atoms with Crippen LogP contribution in [0.2, 0.25) is 0 Å². The van der Waals surface area contributed by atoms with Crippen LogP contribution in [-0.2, 0) is 4.74 Å². The Labute approximate surface area is 114 Å². The topological polar surface area (TPSA) is 50.5 Å². The number of anilines is 1. The molecule has 0 saturated carbocycles. The van der Waals surface area contributed by atoms with Gasteiger partial charge in [0.15, 0.2) is 0 Å². The molecule has 0 spiro atoms. The SMILES string of the molecule is NC(=S)c1c(Br)cccc1NN1CCOCC1. The summed E-state index contributed by atoms with van der Waals surface area (Å²) in [5.74, 6) is 0. The number of hydrogen-bond donors (Lipinski definition) is 2. The molecule has 1 saturated heterocycles. The van der Waals surface area contributed by atoms with Gasteiger partial charge < -0.3 is 15.9 Å². The zero-order chi connectivity index (χ0) is 12.3. The fourth-order valence-electron chi connectivity index (χ4n) is 1.71. The maximum atomic E-state index is 5.74. The molecule has 1 heterocycles. The van der Waals surface area contributed by atoms with Crippen LogP contribution in [0.1, 0.15) is 5.56 Å². The van der Waals surface area contributed by atoms with Gasteiger partial charge >= 0.3 is 0 Å².